The van der Waals surface area contributed by atoms with Gasteiger partial charge in [-0.2, -0.15) is 0 Å². The molecule has 1 aromatic rings. The standard InChI is InChI=1S/C20H32N2O/c1-2-3-4-5-6-7-8-9-14-22-20(23)19-15-18(19)16-10-12-17(21)13-11-16/h10-13,18-19H,2-9,14-15,21H2,1H3,(H,22,23). The number of nitrogen functional groups attached to an aromatic ring is 1. The van der Waals surface area contributed by atoms with Crippen molar-refractivity contribution in [3.05, 3.63) is 29.8 Å². The van der Waals surface area contributed by atoms with Gasteiger partial charge in [0.15, 0.2) is 0 Å². The Bertz CT molecular complexity index is 469. The predicted molar refractivity (Wildman–Crippen MR) is 97.3 cm³/mol. The summed E-state index contributed by atoms with van der Waals surface area (Å²) in [5.41, 5.74) is 7.73. The fourth-order valence-corrected chi connectivity index (χ4v) is 3.20. The summed E-state index contributed by atoms with van der Waals surface area (Å²) in [6.07, 6.45) is 11.4. The number of unbranched alkanes of at least 4 members (excludes halogenated alkanes) is 7. The van der Waals surface area contributed by atoms with Crippen molar-refractivity contribution in [3.8, 4) is 0 Å². The first-order chi connectivity index (χ1) is 11.2. The van der Waals surface area contributed by atoms with Gasteiger partial charge in [-0.1, -0.05) is 64.0 Å². The van der Waals surface area contributed by atoms with Gasteiger partial charge in [-0.25, -0.2) is 0 Å². The van der Waals surface area contributed by atoms with Crippen LogP contribution in [-0.2, 0) is 4.79 Å². The van der Waals surface area contributed by atoms with Crippen molar-refractivity contribution in [2.75, 3.05) is 12.3 Å². The number of nitrogens with one attached hydrogen (secondary N) is 1. The molecule has 128 valence electrons. The van der Waals surface area contributed by atoms with Crippen LogP contribution in [0.4, 0.5) is 5.69 Å². The molecule has 1 fully saturated rings. The number of carbonyl (C=O) groups excluding carboxylic acids is 1. The average molecular weight is 316 g/mol. The minimum absolute atomic E-state index is 0.174. The molecule has 0 radical (unpaired) electrons. The molecule has 3 N–H and O–H groups in total. The van der Waals surface area contributed by atoms with Crippen LogP contribution < -0.4 is 11.1 Å². The lowest BCUT2D eigenvalue weighted by Crippen LogP contribution is -2.26. The second-order valence-corrected chi connectivity index (χ2v) is 6.88. The van der Waals surface area contributed by atoms with Crippen LogP contribution in [0.25, 0.3) is 0 Å². The highest BCUT2D eigenvalue weighted by Gasteiger charge is 2.43. The maximum atomic E-state index is 12.1. The van der Waals surface area contributed by atoms with Gasteiger partial charge in [0.2, 0.25) is 5.91 Å². The van der Waals surface area contributed by atoms with Crippen molar-refractivity contribution in [1.82, 2.24) is 5.32 Å². The summed E-state index contributed by atoms with van der Waals surface area (Å²) in [5.74, 6) is 0.802. The monoisotopic (exact) mass is 316 g/mol. The molecule has 23 heavy (non-hydrogen) atoms. The number of nitrogens with two attached hydrogens (primary N) is 1. The van der Waals surface area contributed by atoms with Crippen LogP contribution in [0.5, 0.6) is 0 Å². The van der Waals surface area contributed by atoms with E-state index in [1.165, 1.54) is 50.5 Å². The van der Waals surface area contributed by atoms with Gasteiger partial charge in [0.05, 0.1) is 0 Å². The van der Waals surface area contributed by atoms with E-state index < -0.39 is 0 Å². The Morgan fingerprint density at radius 2 is 1.65 bits per heavy atom. The zero-order valence-electron chi connectivity index (χ0n) is 14.5. The first kappa shape index (κ1) is 17.8. The summed E-state index contributed by atoms with van der Waals surface area (Å²) < 4.78 is 0. The van der Waals surface area contributed by atoms with Crippen molar-refractivity contribution in [2.24, 2.45) is 5.92 Å². The fourth-order valence-electron chi connectivity index (χ4n) is 3.20. The van der Waals surface area contributed by atoms with E-state index in [-0.39, 0.29) is 11.8 Å². The van der Waals surface area contributed by atoms with Gasteiger partial charge >= 0.3 is 0 Å². The lowest BCUT2D eigenvalue weighted by Gasteiger charge is -2.05. The number of hydrogen-bond acceptors (Lipinski definition) is 2. The quantitative estimate of drug-likeness (QED) is 0.462. The number of rotatable bonds is 11. The Morgan fingerprint density at radius 3 is 2.30 bits per heavy atom. The van der Waals surface area contributed by atoms with Crippen LogP contribution in [0.1, 0.15) is 76.2 Å². The van der Waals surface area contributed by atoms with E-state index in [1.807, 2.05) is 24.3 Å². The smallest absolute Gasteiger partial charge is 0.223 e. The summed E-state index contributed by atoms with van der Waals surface area (Å²) in [4.78, 5) is 12.1. The molecule has 0 saturated heterocycles. The second kappa shape index (κ2) is 9.59. The van der Waals surface area contributed by atoms with Crippen LogP contribution in [0.2, 0.25) is 0 Å². The third kappa shape index (κ3) is 6.25. The lowest BCUT2D eigenvalue weighted by atomic mass is 10.1. The molecule has 0 aliphatic heterocycles. The maximum Gasteiger partial charge on any atom is 0.223 e. The molecule has 3 heteroatoms. The van der Waals surface area contributed by atoms with Gasteiger partial charge in [0.1, 0.15) is 0 Å². The molecular weight excluding hydrogens is 284 g/mol. The molecule has 1 aliphatic rings. The number of hydrogen-bond donors (Lipinski definition) is 2. The first-order valence-electron chi connectivity index (χ1n) is 9.35. The third-order valence-electron chi connectivity index (χ3n) is 4.82. The Labute approximate surface area is 141 Å². The molecule has 0 heterocycles. The highest BCUT2D eigenvalue weighted by atomic mass is 16.2. The van der Waals surface area contributed by atoms with E-state index in [1.54, 1.807) is 0 Å². The molecule has 0 spiro atoms. The van der Waals surface area contributed by atoms with E-state index in [4.69, 9.17) is 5.73 Å². The molecule has 1 saturated carbocycles. The number of anilines is 1. The number of carbonyl (C=O) groups is 1. The summed E-state index contributed by atoms with van der Waals surface area (Å²) in [6.45, 7) is 3.08. The first-order valence-corrected chi connectivity index (χ1v) is 9.35. The Balaban J connectivity index is 1.51. The Morgan fingerprint density at radius 1 is 1.04 bits per heavy atom. The van der Waals surface area contributed by atoms with Crippen LogP contribution in [0, 0.1) is 5.92 Å². The van der Waals surface area contributed by atoms with Crippen molar-refractivity contribution in [1.29, 1.82) is 0 Å². The molecule has 1 aliphatic carbocycles. The van der Waals surface area contributed by atoms with Gasteiger partial charge in [-0.05, 0) is 36.5 Å². The highest BCUT2D eigenvalue weighted by Crippen LogP contribution is 2.47. The number of amides is 1. The molecule has 1 aromatic carbocycles. The van der Waals surface area contributed by atoms with Gasteiger partial charge in [-0.3, -0.25) is 4.79 Å². The van der Waals surface area contributed by atoms with E-state index in [0.29, 0.717) is 5.92 Å². The molecule has 2 unspecified atom stereocenters. The molecule has 2 atom stereocenters. The largest absolute Gasteiger partial charge is 0.399 e. The minimum atomic E-state index is 0.174. The van der Waals surface area contributed by atoms with Crippen LogP contribution in [0.3, 0.4) is 0 Å². The molecule has 3 nitrogen and oxygen atoms in total. The van der Waals surface area contributed by atoms with E-state index >= 15 is 0 Å². The summed E-state index contributed by atoms with van der Waals surface area (Å²) in [6, 6.07) is 7.93. The predicted octanol–water partition coefficient (Wildman–Crippen LogP) is 4.63. The van der Waals surface area contributed by atoms with E-state index in [2.05, 4.69) is 12.2 Å². The zero-order chi connectivity index (χ0) is 16.5. The second-order valence-electron chi connectivity index (χ2n) is 6.88. The average Bonchev–Trinajstić information content (AvgIpc) is 3.34. The van der Waals surface area contributed by atoms with E-state index in [9.17, 15) is 4.79 Å². The van der Waals surface area contributed by atoms with Crippen LogP contribution in [-0.4, -0.2) is 12.5 Å². The molecule has 2 rings (SSSR count). The molecule has 0 bridgehead atoms. The fraction of sp³-hybridized carbons (Fsp3) is 0.650. The van der Waals surface area contributed by atoms with Gasteiger partial charge in [0.25, 0.3) is 0 Å². The SMILES string of the molecule is CCCCCCCCCCNC(=O)C1CC1c1ccc(N)cc1. The van der Waals surface area contributed by atoms with E-state index in [0.717, 1.165) is 25.1 Å². The summed E-state index contributed by atoms with van der Waals surface area (Å²) in [7, 11) is 0. The maximum absolute atomic E-state index is 12.1. The van der Waals surface area contributed by atoms with Crippen molar-refractivity contribution in [3.63, 3.8) is 0 Å². The normalized spacial score (nSPS) is 19.5. The molecule has 0 aromatic heterocycles. The van der Waals surface area contributed by atoms with Gasteiger partial charge in [-0.15, -0.1) is 0 Å². The highest BCUT2D eigenvalue weighted by molar-refractivity contribution is 5.82. The summed E-state index contributed by atoms with van der Waals surface area (Å²) in [5, 5.41) is 3.10. The summed E-state index contributed by atoms with van der Waals surface area (Å²) >= 11 is 0. The van der Waals surface area contributed by atoms with Crippen LogP contribution in [0.15, 0.2) is 24.3 Å². The minimum Gasteiger partial charge on any atom is -0.399 e. The van der Waals surface area contributed by atoms with Gasteiger partial charge < -0.3 is 11.1 Å². The lowest BCUT2D eigenvalue weighted by molar-refractivity contribution is -0.122. The topological polar surface area (TPSA) is 55.1 Å². The van der Waals surface area contributed by atoms with Gasteiger partial charge in [0, 0.05) is 18.2 Å². The van der Waals surface area contributed by atoms with Crippen LogP contribution >= 0.6 is 0 Å². The molecule has 1 amide bonds. The van der Waals surface area contributed by atoms with Crippen molar-refractivity contribution < 1.29 is 4.79 Å². The van der Waals surface area contributed by atoms with Crippen molar-refractivity contribution >= 4 is 11.6 Å². The Hall–Kier alpha value is -1.51. The number of benzene rings is 1. The zero-order valence-corrected chi connectivity index (χ0v) is 14.5. The Kier molecular flexibility index (Phi) is 7.44. The third-order valence-corrected chi connectivity index (χ3v) is 4.82. The van der Waals surface area contributed by atoms with Crippen molar-refractivity contribution in [2.45, 2.75) is 70.6 Å². The molecular formula is C20H32N2O.